The van der Waals surface area contributed by atoms with Crippen LogP contribution in [0.3, 0.4) is 0 Å². The largest absolute Gasteiger partial charge is 0.487 e. The number of rotatable bonds is 7. The smallest absolute Gasteiger partial charge is 0.130 e. The van der Waals surface area contributed by atoms with Gasteiger partial charge in [0.25, 0.3) is 0 Å². The van der Waals surface area contributed by atoms with Gasteiger partial charge in [0.1, 0.15) is 18.2 Å². The van der Waals surface area contributed by atoms with Crippen molar-refractivity contribution in [3.63, 3.8) is 0 Å². The van der Waals surface area contributed by atoms with Crippen LogP contribution in [0.2, 0.25) is 0 Å². The fourth-order valence-electron chi connectivity index (χ4n) is 2.12. The molecule has 1 aromatic carbocycles. The maximum absolute atomic E-state index is 13.4. The van der Waals surface area contributed by atoms with Crippen molar-refractivity contribution in [2.24, 2.45) is 7.05 Å². The monoisotopic (exact) mass is 291 g/mol. The minimum Gasteiger partial charge on any atom is -0.487 e. The topological polar surface area (TPSA) is 39.1 Å². The molecule has 2 rings (SSSR count). The second-order valence-electron chi connectivity index (χ2n) is 4.93. The first-order valence-corrected chi connectivity index (χ1v) is 7.27. The summed E-state index contributed by atoms with van der Waals surface area (Å²) in [6.07, 6.45) is 0.899. The first kappa shape index (κ1) is 15.5. The lowest BCUT2D eigenvalue weighted by Gasteiger charge is -2.12. The molecule has 1 heterocycles. The number of benzene rings is 1. The van der Waals surface area contributed by atoms with Gasteiger partial charge in [0, 0.05) is 19.2 Å². The van der Waals surface area contributed by atoms with E-state index in [0.29, 0.717) is 18.9 Å². The highest BCUT2D eigenvalue weighted by Crippen LogP contribution is 2.21. The van der Waals surface area contributed by atoms with E-state index in [9.17, 15) is 4.39 Å². The van der Waals surface area contributed by atoms with Crippen LogP contribution in [0.1, 0.15) is 30.8 Å². The molecule has 0 fully saturated rings. The molecule has 2 aromatic rings. The molecular formula is C16H22FN3O. The lowest BCUT2D eigenvalue weighted by Crippen LogP contribution is -2.13. The van der Waals surface area contributed by atoms with E-state index in [4.69, 9.17) is 4.74 Å². The molecule has 0 aliphatic rings. The number of aryl methyl sites for hydroxylation is 2. The first-order chi connectivity index (χ1) is 10.1. The molecule has 0 aliphatic carbocycles. The zero-order valence-electron chi connectivity index (χ0n) is 12.8. The van der Waals surface area contributed by atoms with Crippen molar-refractivity contribution < 1.29 is 9.13 Å². The van der Waals surface area contributed by atoms with Gasteiger partial charge in [0.2, 0.25) is 0 Å². The van der Waals surface area contributed by atoms with E-state index in [1.807, 2.05) is 24.7 Å². The van der Waals surface area contributed by atoms with Crippen molar-refractivity contribution in [3.05, 3.63) is 47.0 Å². The minimum atomic E-state index is -0.246. The zero-order valence-corrected chi connectivity index (χ0v) is 12.8. The van der Waals surface area contributed by atoms with Crippen LogP contribution >= 0.6 is 0 Å². The molecule has 0 aliphatic heterocycles. The lowest BCUT2D eigenvalue weighted by molar-refractivity contribution is 0.290. The van der Waals surface area contributed by atoms with Gasteiger partial charge in [-0.2, -0.15) is 5.10 Å². The summed E-state index contributed by atoms with van der Waals surface area (Å²) in [5, 5.41) is 7.58. The van der Waals surface area contributed by atoms with E-state index < -0.39 is 0 Å². The van der Waals surface area contributed by atoms with Gasteiger partial charge in [-0.25, -0.2) is 4.39 Å². The average Bonchev–Trinajstić information content (AvgIpc) is 2.84. The Bertz CT molecular complexity index is 595. The number of halogens is 1. The standard InChI is InChI=1S/C16H22FN3O/c1-4-14-9-15(20(3)19-14)11-21-16-7-6-13(17)8-12(16)10-18-5-2/h6-9,18H,4-5,10-11H2,1-3H3. The predicted octanol–water partition coefficient (Wildman–Crippen LogP) is 2.81. The van der Waals surface area contributed by atoms with Gasteiger partial charge in [-0.15, -0.1) is 0 Å². The van der Waals surface area contributed by atoms with Crippen molar-refractivity contribution in [3.8, 4) is 5.75 Å². The van der Waals surface area contributed by atoms with Crippen molar-refractivity contribution in [1.82, 2.24) is 15.1 Å². The van der Waals surface area contributed by atoms with Crippen LogP contribution in [0.25, 0.3) is 0 Å². The Hall–Kier alpha value is -1.88. The molecule has 4 nitrogen and oxygen atoms in total. The fraction of sp³-hybridized carbons (Fsp3) is 0.438. The van der Waals surface area contributed by atoms with Gasteiger partial charge in [-0.3, -0.25) is 4.68 Å². The first-order valence-electron chi connectivity index (χ1n) is 7.27. The summed E-state index contributed by atoms with van der Waals surface area (Å²) in [5.74, 6) is 0.459. The zero-order chi connectivity index (χ0) is 15.2. The van der Waals surface area contributed by atoms with Crippen LogP contribution in [-0.2, 0) is 26.6 Å². The third-order valence-electron chi connectivity index (χ3n) is 3.35. The quantitative estimate of drug-likeness (QED) is 0.852. The summed E-state index contributed by atoms with van der Waals surface area (Å²) in [6.45, 7) is 5.93. The average molecular weight is 291 g/mol. The Morgan fingerprint density at radius 3 is 2.76 bits per heavy atom. The molecule has 0 amide bonds. The second-order valence-corrected chi connectivity index (χ2v) is 4.93. The molecule has 1 N–H and O–H groups in total. The minimum absolute atomic E-state index is 0.246. The molecule has 0 spiro atoms. The highest BCUT2D eigenvalue weighted by atomic mass is 19.1. The normalized spacial score (nSPS) is 10.9. The number of hydrogen-bond acceptors (Lipinski definition) is 3. The fourth-order valence-corrected chi connectivity index (χ4v) is 2.12. The van der Waals surface area contributed by atoms with E-state index >= 15 is 0 Å². The summed E-state index contributed by atoms with van der Waals surface area (Å²) in [7, 11) is 1.90. The Morgan fingerprint density at radius 1 is 1.29 bits per heavy atom. The molecule has 0 radical (unpaired) electrons. The SMILES string of the molecule is CCNCc1cc(F)ccc1OCc1cc(CC)nn1C. The molecule has 21 heavy (non-hydrogen) atoms. The second kappa shape index (κ2) is 7.22. The van der Waals surface area contributed by atoms with Crippen LogP contribution in [0.5, 0.6) is 5.75 Å². The molecule has 0 saturated carbocycles. The Labute approximate surface area is 124 Å². The number of aromatic nitrogens is 2. The summed E-state index contributed by atoms with van der Waals surface area (Å²) in [5.41, 5.74) is 2.88. The molecule has 0 atom stereocenters. The highest BCUT2D eigenvalue weighted by Gasteiger charge is 2.08. The summed E-state index contributed by atoms with van der Waals surface area (Å²) in [6, 6.07) is 6.65. The lowest BCUT2D eigenvalue weighted by atomic mass is 10.2. The van der Waals surface area contributed by atoms with Crippen LogP contribution in [0, 0.1) is 5.82 Å². The molecular weight excluding hydrogens is 269 g/mol. The van der Waals surface area contributed by atoms with Gasteiger partial charge in [-0.05, 0) is 37.2 Å². The molecule has 5 heteroatoms. The van der Waals surface area contributed by atoms with Gasteiger partial charge in [0.05, 0.1) is 11.4 Å². The van der Waals surface area contributed by atoms with Gasteiger partial charge < -0.3 is 10.1 Å². The van der Waals surface area contributed by atoms with Crippen molar-refractivity contribution >= 4 is 0 Å². The van der Waals surface area contributed by atoms with E-state index in [1.165, 1.54) is 12.1 Å². The third kappa shape index (κ3) is 4.04. The summed E-state index contributed by atoms with van der Waals surface area (Å²) in [4.78, 5) is 0. The maximum Gasteiger partial charge on any atom is 0.130 e. The number of nitrogens with one attached hydrogen (secondary N) is 1. The van der Waals surface area contributed by atoms with Crippen molar-refractivity contribution in [2.45, 2.75) is 33.4 Å². The Balaban J connectivity index is 2.09. The van der Waals surface area contributed by atoms with Crippen LogP contribution in [0.4, 0.5) is 4.39 Å². The predicted molar refractivity (Wildman–Crippen MR) is 80.7 cm³/mol. The highest BCUT2D eigenvalue weighted by molar-refractivity contribution is 5.34. The van der Waals surface area contributed by atoms with Gasteiger partial charge in [0.15, 0.2) is 0 Å². The van der Waals surface area contributed by atoms with Crippen molar-refractivity contribution in [1.29, 1.82) is 0 Å². The van der Waals surface area contributed by atoms with Gasteiger partial charge in [-0.1, -0.05) is 13.8 Å². The number of ether oxygens (including phenoxy) is 1. The Morgan fingerprint density at radius 2 is 2.10 bits per heavy atom. The van der Waals surface area contributed by atoms with E-state index in [-0.39, 0.29) is 5.82 Å². The van der Waals surface area contributed by atoms with Crippen LogP contribution < -0.4 is 10.1 Å². The molecule has 114 valence electrons. The molecule has 0 bridgehead atoms. The van der Waals surface area contributed by atoms with E-state index in [0.717, 1.165) is 29.9 Å². The van der Waals surface area contributed by atoms with E-state index in [2.05, 4.69) is 17.3 Å². The van der Waals surface area contributed by atoms with E-state index in [1.54, 1.807) is 6.07 Å². The van der Waals surface area contributed by atoms with Crippen LogP contribution in [-0.4, -0.2) is 16.3 Å². The van der Waals surface area contributed by atoms with Crippen molar-refractivity contribution in [2.75, 3.05) is 6.54 Å². The summed E-state index contributed by atoms with van der Waals surface area (Å²) >= 11 is 0. The number of hydrogen-bond donors (Lipinski definition) is 1. The molecule has 0 saturated heterocycles. The molecule has 1 aromatic heterocycles. The Kier molecular flexibility index (Phi) is 5.33. The summed E-state index contributed by atoms with van der Waals surface area (Å²) < 4.78 is 21.0. The third-order valence-corrected chi connectivity index (χ3v) is 3.35. The maximum atomic E-state index is 13.4. The van der Waals surface area contributed by atoms with Gasteiger partial charge >= 0.3 is 0 Å². The molecule has 0 unspecified atom stereocenters. The van der Waals surface area contributed by atoms with Crippen LogP contribution in [0.15, 0.2) is 24.3 Å². The number of nitrogens with zero attached hydrogens (tertiary/aromatic N) is 2.